The Bertz CT molecular complexity index is 3090. The fraction of sp³-hybridized carbons (Fsp3) is 0.0612. The van der Waals surface area contributed by atoms with Crippen molar-refractivity contribution in [2.75, 3.05) is 0 Å². The van der Waals surface area contributed by atoms with E-state index in [1.165, 1.54) is 60.3 Å². The molecule has 0 unspecified atom stereocenters. The third-order valence-corrected chi connectivity index (χ3v) is 11.4. The lowest BCUT2D eigenvalue weighted by Crippen LogP contribution is -2.15. The number of hydrogen-bond donors (Lipinski definition) is 0. The molecule has 0 atom stereocenters. The first-order valence-electron chi connectivity index (χ1n) is 18.2. The summed E-state index contributed by atoms with van der Waals surface area (Å²) in [5.74, 6) is 0. The third-order valence-electron chi connectivity index (χ3n) is 11.4. The van der Waals surface area contributed by atoms with Crippen LogP contribution in [0.2, 0.25) is 0 Å². The van der Waals surface area contributed by atoms with Gasteiger partial charge in [0.15, 0.2) is 0 Å². The summed E-state index contributed by atoms with van der Waals surface area (Å²) in [4.78, 5) is 9.62. The van der Waals surface area contributed by atoms with E-state index in [-0.39, 0.29) is 5.41 Å². The first kappa shape index (κ1) is 29.9. The van der Waals surface area contributed by atoms with Crippen molar-refractivity contribution in [1.29, 1.82) is 0 Å². The minimum atomic E-state index is -0.0808. The molecule has 6 aromatic carbocycles. The molecule has 4 nitrogen and oxygen atoms in total. The molecule has 0 fully saturated rings. The summed E-state index contributed by atoms with van der Waals surface area (Å²) >= 11 is 0. The number of nitrogens with zero attached hydrogens (tertiary/aromatic N) is 4. The van der Waals surface area contributed by atoms with E-state index in [9.17, 15) is 0 Å². The molecule has 4 heteroatoms. The van der Waals surface area contributed by atoms with Gasteiger partial charge in [0.05, 0.1) is 27.8 Å². The highest BCUT2D eigenvalue weighted by Gasteiger charge is 2.36. The maximum absolute atomic E-state index is 4.84. The number of hydrogen-bond acceptors (Lipinski definition) is 2. The first-order valence-corrected chi connectivity index (χ1v) is 18.2. The Kier molecular flexibility index (Phi) is 6.27. The van der Waals surface area contributed by atoms with E-state index in [1.807, 2.05) is 24.7 Å². The van der Waals surface area contributed by atoms with Crippen molar-refractivity contribution in [3.05, 3.63) is 181 Å². The molecule has 11 rings (SSSR count). The van der Waals surface area contributed by atoms with Crippen molar-refractivity contribution in [2.45, 2.75) is 19.3 Å². The van der Waals surface area contributed by atoms with E-state index in [0.717, 1.165) is 39.3 Å². The molecule has 0 N–H and O–H groups in total. The van der Waals surface area contributed by atoms with Crippen molar-refractivity contribution in [2.24, 2.45) is 0 Å². The summed E-state index contributed by atoms with van der Waals surface area (Å²) in [6, 6.07) is 55.1. The SMILES string of the molecule is CC1(C)c2ccc(-n3c4ccccc4c4cc(-c5cncc(-c6ccc7c(c6)c6ccccc6n7-c6ccccc6)c5)ccc43)cc2-c2ncccc21. The number of pyridine rings is 2. The number of benzene rings is 6. The van der Waals surface area contributed by atoms with Crippen LogP contribution < -0.4 is 0 Å². The Labute approximate surface area is 307 Å². The molecule has 10 aromatic rings. The molecule has 1 aliphatic rings. The summed E-state index contributed by atoms with van der Waals surface area (Å²) in [7, 11) is 0. The van der Waals surface area contributed by atoms with Crippen LogP contribution in [-0.2, 0) is 5.41 Å². The van der Waals surface area contributed by atoms with Gasteiger partial charge in [-0.15, -0.1) is 0 Å². The molecule has 0 bridgehead atoms. The number of rotatable bonds is 4. The second-order valence-electron chi connectivity index (χ2n) is 14.7. The highest BCUT2D eigenvalue weighted by molar-refractivity contribution is 6.12. The van der Waals surface area contributed by atoms with Gasteiger partial charge in [0.25, 0.3) is 0 Å². The summed E-state index contributed by atoms with van der Waals surface area (Å²) < 4.78 is 4.76. The molecule has 0 amide bonds. The lowest BCUT2D eigenvalue weighted by Gasteiger charge is -2.21. The van der Waals surface area contributed by atoms with Gasteiger partial charge in [0.1, 0.15) is 0 Å². The van der Waals surface area contributed by atoms with Gasteiger partial charge in [-0.05, 0) is 95.1 Å². The molecule has 0 saturated heterocycles. The summed E-state index contributed by atoms with van der Waals surface area (Å²) in [6.45, 7) is 4.60. The predicted molar refractivity (Wildman–Crippen MR) is 219 cm³/mol. The van der Waals surface area contributed by atoms with Gasteiger partial charge in [0, 0.05) is 73.6 Å². The smallest absolute Gasteiger partial charge is 0.0746 e. The topological polar surface area (TPSA) is 35.6 Å². The lowest BCUT2D eigenvalue weighted by atomic mass is 9.83. The molecule has 0 saturated carbocycles. The maximum Gasteiger partial charge on any atom is 0.0746 e. The molecular weight excluding hydrogens is 645 g/mol. The van der Waals surface area contributed by atoms with E-state index >= 15 is 0 Å². The van der Waals surface area contributed by atoms with Crippen LogP contribution in [0.4, 0.5) is 0 Å². The van der Waals surface area contributed by atoms with Gasteiger partial charge in [-0.2, -0.15) is 0 Å². The van der Waals surface area contributed by atoms with E-state index in [4.69, 9.17) is 9.97 Å². The van der Waals surface area contributed by atoms with E-state index in [0.29, 0.717) is 0 Å². The average molecular weight is 679 g/mol. The standard InChI is InChI=1S/C49H34N4/c1-49(2)42-21-20-36(28-41(42)48-43(49)15-10-24-51-48)53-45-17-9-7-14-38(45)40-27-32(19-23-47(40)53)34-25-33(29-50-30-34)31-18-22-46-39(26-31)37-13-6-8-16-44(37)52(46)35-11-4-3-5-12-35/h3-30H,1-2H3. The number of aromatic nitrogens is 4. The zero-order valence-corrected chi connectivity index (χ0v) is 29.5. The lowest BCUT2D eigenvalue weighted by molar-refractivity contribution is 0.659. The van der Waals surface area contributed by atoms with Gasteiger partial charge in [-0.25, -0.2) is 0 Å². The molecule has 4 heterocycles. The summed E-state index contributed by atoms with van der Waals surface area (Å²) in [6.07, 6.45) is 5.87. The second-order valence-corrected chi connectivity index (χ2v) is 14.7. The molecule has 0 spiro atoms. The zero-order valence-electron chi connectivity index (χ0n) is 29.5. The first-order chi connectivity index (χ1) is 26.0. The monoisotopic (exact) mass is 678 g/mol. The maximum atomic E-state index is 4.84. The molecule has 1 aliphatic carbocycles. The summed E-state index contributed by atoms with van der Waals surface area (Å²) in [5.41, 5.74) is 16.4. The van der Waals surface area contributed by atoms with Gasteiger partial charge < -0.3 is 9.13 Å². The van der Waals surface area contributed by atoms with Crippen LogP contribution in [0.3, 0.4) is 0 Å². The normalized spacial score (nSPS) is 13.2. The molecule has 250 valence electrons. The second kappa shape index (κ2) is 11.1. The van der Waals surface area contributed by atoms with E-state index < -0.39 is 0 Å². The van der Waals surface area contributed by atoms with Gasteiger partial charge >= 0.3 is 0 Å². The largest absolute Gasteiger partial charge is 0.309 e. The molecule has 53 heavy (non-hydrogen) atoms. The quantitative estimate of drug-likeness (QED) is 0.186. The minimum Gasteiger partial charge on any atom is -0.309 e. The molecule has 4 aromatic heterocycles. The van der Waals surface area contributed by atoms with Gasteiger partial charge in [0.2, 0.25) is 0 Å². The average Bonchev–Trinajstić information content (AvgIpc) is 3.81. The molecule has 0 aliphatic heterocycles. The Balaban J connectivity index is 1.03. The van der Waals surface area contributed by atoms with Crippen LogP contribution in [0.25, 0.3) is 88.5 Å². The molecule has 0 radical (unpaired) electrons. The van der Waals surface area contributed by atoms with Crippen molar-refractivity contribution >= 4 is 43.6 Å². The van der Waals surface area contributed by atoms with Crippen LogP contribution in [0.5, 0.6) is 0 Å². The van der Waals surface area contributed by atoms with Crippen LogP contribution in [0.1, 0.15) is 25.0 Å². The third kappa shape index (κ3) is 4.36. The Hall–Kier alpha value is -6.78. The van der Waals surface area contributed by atoms with Crippen LogP contribution in [0, 0.1) is 0 Å². The van der Waals surface area contributed by atoms with E-state index in [2.05, 4.69) is 169 Å². The highest BCUT2D eigenvalue weighted by Crippen LogP contribution is 2.48. The van der Waals surface area contributed by atoms with Crippen LogP contribution in [-0.4, -0.2) is 19.1 Å². The molecular formula is C49H34N4. The van der Waals surface area contributed by atoms with Crippen molar-refractivity contribution < 1.29 is 0 Å². The number of fused-ring (bicyclic) bond motifs is 9. The fourth-order valence-electron chi connectivity index (χ4n) is 8.88. The Morgan fingerprint density at radius 1 is 0.434 bits per heavy atom. The predicted octanol–water partition coefficient (Wildman–Crippen LogP) is 12.3. The van der Waals surface area contributed by atoms with E-state index in [1.54, 1.807) is 0 Å². The van der Waals surface area contributed by atoms with Crippen molar-refractivity contribution in [1.82, 2.24) is 19.1 Å². The van der Waals surface area contributed by atoms with Crippen LogP contribution >= 0.6 is 0 Å². The Morgan fingerprint density at radius 3 is 1.68 bits per heavy atom. The summed E-state index contributed by atoms with van der Waals surface area (Å²) in [5, 5.41) is 4.92. The van der Waals surface area contributed by atoms with Gasteiger partial charge in [-0.3, -0.25) is 9.97 Å². The van der Waals surface area contributed by atoms with Gasteiger partial charge in [-0.1, -0.05) is 92.7 Å². The number of para-hydroxylation sites is 3. The van der Waals surface area contributed by atoms with Crippen LogP contribution in [0.15, 0.2) is 170 Å². The van der Waals surface area contributed by atoms with Crippen molar-refractivity contribution in [3.8, 4) is 44.9 Å². The minimum absolute atomic E-state index is 0.0808. The zero-order chi connectivity index (χ0) is 35.3. The fourth-order valence-corrected chi connectivity index (χ4v) is 8.88. The Morgan fingerprint density at radius 2 is 1.02 bits per heavy atom. The van der Waals surface area contributed by atoms with Crippen molar-refractivity contribution in [3.63, 3.8) is 0 Å². The highest BCUT2D eigenvalue weighted by atomic mass is 15.0.